The van der Waals surface area contributed by atoms with Crippen molar-refractivity contribution in [2.24, 2.45) is 11.1 Å². The highest BCUT2D eigenvalue weighted by atomic mass is 32.2. The molecule has 2 heteroatoms. The molecule has 2 N–H and O–H groups in total. The van der Waals surface area contributed by atoms with Crippen molar-refractivity contribution in [2.75, 3.05) is 0 Å². The fraction of sp³-hybridized carbons (Fsp3) is 0.647. The van der Waals surface area contributed by atoms with E-state index in [2.05, 4.69) is 52.0 Å². The van der Waals surface area contributed by atoms with Crippen molar-refractivity contribution in [1.29, 1.82) is 0 Å². The van der Waals surface area contributed by atoms with Crippen molar-refractivity contribution in [2.45, 2.75) is 69.1 Å². The Morgan fingerprint density at radius 1 is 1.21 bits per heavy atom. The Morgan fingerprint density at radius 3 is 2.42 bits per heavy atom. The zero-order chi connectivity index (χ0) is 14.0. The number of hydrogen-bond donors (Lipinski definition) is 1. The van der Waals surface area contributed by atoms with Crippen LogP contribution in [0.1, 0.15) is 58.4 Å². The normalized spacial score (nSPS) is 26.6. The highest BCUT2D eigenvalue weighted by molar-refractivity contribution is 8.00. The van der Waals surface area contributed by atoms with E-state index in [0.717, 1.165) is 0 Å². The first-order chi connectivity index (χ1) is 8.90. The molecule has 1 saturated carbocycles. The molecule has 1 aliphatic rings. The van der Waals surface area contributed by atoms with E-state index in [1.54, 1.807) is 0 Å². The van der Waals surface area contributed by atoms with E-state index in [-0.39, 0.29) is 5.41 Å². The summed E-state index contributed by atoms with van der Waals surface area (Å²) in [6.07, 6.45) is 3.82. The van der Waals surface area contributed by atoms with E-state index in [0.29, 0.717) is 17.2 Å². The maximum atomic E-state index is 6.46. The van der Waals surface area contributed by atoms with Gasteiger partial charge in [0.25, 0.3) is 0 Å². The van der Waals surface area contributed by atoms with Gasteiger partial charge in [-0.15, -0.1) is 11.8 Å². The van der Waals surface area contributed by atoms with Gasteiger partial charge in [0.15, 0.2) is 0 Å². The van der Waals surface area contributed by atoms with Gasteiger partial charge in [0.2, 0.25) is 0 Å². The molecule has 1 nitrogen and oxygen atoms in total. The summed E-state index contributed by atoms with van der Waals surface area (Å²) in [6.45, 7) is 9.10. The summed E-state index contributed by atoms with van der Waals surface area (Å²) >= 11 is 1.97. The van der Waals surface area contributed by atoms with Crippen LogP contribution in [0.2, 0.25) is 0 Å². The molecule has 0 amide bonds. The average Bonchev–Trinajstić information content (AvgIpc) is 2.35. The third-order valence-corrected chi connectivity index (χ3v) is 5.82. The lowest BCUT2D eigenvalue weighted by atomic mass is 9.73. The Morgan fingerprint density at radius 2 is 1.84 bits per heavy atom. The highest BCUT2D eigenvalue weighted by Crippen LogP contribution is 2.41. The predicted molar refractivity (Wildman–Crippen MR) is 85.8 cm³/mol. The van der Waals surface area contributed by atoms with Gasteiger partial charge >= 0.3 is 0 Å². The Hall–Kier alpha value is -0.470. The summed E-state index contributed by atoms with van der Waals surface area (Å²) in [5.74, 6) is 0.606. The molecule has 19 heavy (non-hydrogen) atoms. The second-order valence-corrected chi connectivity index (χ2v) is 8.10. The van der Waals surface area contributed by atoms with E-state index < -0.39 is 0 Å². The van der Waals surface area contributed by atoms with Crippen LogP contribution in [0.3, 0.4) is 0 Å². The van der Waals surface area contributed by atoms with Crippen LogP contribution in [0.5, 0.6) is 0 Å². The Labute approximate surface area is 122 Å². The summed E-state index contributed by atoms with van der Waals surface area (Å²) in [7, 11) is 0. The molecule has 1 aromatic rings. The van der Waals surface area contributed by atoms with Crippen LogP contribution >= 0.6 is 11.8 Å². The number of thioether (sulfide) groups is 1. The number of nitrogens with two attached hydrogens (primary N) is 1. The number of benzene rings is 1. The molecule has 1 fully saturated rings. The molecule has 0 spiro atoms. The lowest BCUT2D eigenvalue weighted by Gasteiger charge is -2.41. The van der Waals surface area contributed by atoms with Gasteiger partial charge in [-0.3, -0.25) is 0 Å². The van der Waals surface area contributed by atoms with Gasteiger partial charge in [0, 0.05) is 16.2 Å². The first-order valence-electron chi connectivity index (χ1n) is 7.42. The molecule has 1 aliphatic carbocycles. The van der Waals surface area contributed by atoms with E-state index in [1.807, 2.05) is 11.8 Å². The molecule has 1 aromatic carbocycles. The van der Waals surface area contributed by atoms with Gasteiger partial charge in [0.1, 0.15) is 0 Å². The Kier molecular flexibility index (Phi) is 4.62. The van der Waals surface area contributed by atoms with Crippen LogP contribution in [0.25, 0.3) is 0 Å². The Balaban J connectivity index is 2.04. The van der Waals surface area contributed by atoms with E-state index in [4.69, 9.17) is 5.73 Å². The van der Waals surface area contributed by atoms with Gasteiger partial charge in [-0.1, -0.05) is 46.2 Å². The highest BCUT2D eigenvalue weighted by Gasteiger charge is 2.36. The first kappa shape index (κ1) is 14.9. The minimum Gasteiger partial charge on any atom is -0.326 e. The maximum absolute atomic E-state index is 6.46. The monoisotopic (exact) mass is 277 g/mol. The van der Waals surface area contributed by atoms with Gasteiger partial charge < -0.3 is 5.73 Å². The van der Waals surface area contributed by atoms with Crippen molar-refractivity contribution >= 4 is 11.8 Å². The third-order valence-electron chi connectivity index (χ3n) is 4.45. The van der Waals surface area contributed by atoms with E-state index >= 15 is 0 Å². The topological polar surface area (TPSA) is 26.0 Å². The predicted octanol–water partition coefficient (Wildman–Crippen LogP) is 4.81. The summed E-state index contributed by atoms with van der Waals surface area (Å²) in [5.41, 5.74) is 8.16. The van der Waals surface area contributed by atoms with Gasteiger partial charge in [-0.05, 0) is 41.9 Å². The second kappa shape index (κ2) is 5.88. The molecular weight excluding hydrogens is 250 g/mol. The van der Waals surface area contributed by atoms with E-state index in [9.17, 15) is 0 Å². The lowest BCUT2D eigenvalue weighted by molar-refractivity contribution is 0.208. The fourth-order valence-electron chi connectivity index (χ4n) is 2.85. The van der Waals surface area contributed by atoms with Crippen molar-refractivity contribution < 1.29 is 0 Å². The van der Waals surface area contributed by atoms with Crippen molar-refractivity contribution in [1.82, 2.24) is 0 Å². The molecule has 0 radical (unpaired) electrons. The smallest absolute Gasteiger partial charge is 0.0251 e. The maximum Gasteiger partial charge on any atom is 0.0251 e. The molecule has 2 rings (SSSR count). The molecule has 0 saturated heterocycles. The summed E-state index contributed by atoms with van der Waals surface area (Å²) in [6, 6.07) is 9.33. The standard InChI is InChI=1S/C17H27NS/c1-12(2)13-7-9-14(10-8-13)19-15-6-5-11-17(3,4)16(15)18/h7-10,12,15-16H,5-6,11,18H2,1-4H3. The Bertz CT molecular complexity index is 408. The number of hydrogen-bond acceptors (Lipinski definition) is 2. The lowest BCUT2D eigenvalue weighted by Crippen LogP contribution is -2.48. The van der Waals surface area contributed by atoms with Crippen LogP contribution in [0.15, 0.2) is 29.2 Å². The SMILES string of the molecule is CC(C)c1ccc(SC2CCCC(C)(C)C2N)cc1. The van der Waals surface area contributed by atoms with Crippen molar-refractivity contribution in [3.63, 3.8) is 0 Å². The fourth-order valence-corrected chi connectivity index (χ4v) is 4.29. The zero-order valence-electron chi connectivity index (χ0n) is 12.6. The molecule has 2 atom stereocenters. The molecular formula is C17H27NS. The van der Waals surface area contributed by atoms with Crippen LogP contribution in [-0.4, -0.2) is 11.3 Å². The quantitative estimate of drug-likeness (QED) is 0.858. The summed E-state index contributed by atoms with van der Waals surface area (Å²) in [4.78, 5) is 1.36. The summed E-state index contributed by atoms with van der Waals surface area (Å²) in [5, 5.41) is 0.564. The largest absolute Gasteiger partial charge is 0.326 e. The van der Waals surface area contributed by atoms with Gasteiger partial charge in [-0.2, -0.15) is 0 Å². The average molecular weight is 277 g/mol. The first-order valence-corrected chi connectivity index (χ1v) is 8.30. The minimum absolute atomic E-state index is 0.286. The van der Waals surface area contributed by atoms with Crippen molar-refractivity contribution in [3.05, 3.63) is 29.8 Å². The minimum atomic E-state index is 0.286. The van der Waals surface area contributed by atoms with Gasteiger partial charge in [-0.25, -0.2) is 0 Å². The molecule has 0 heterocycles. The van der Waals surface area contributed by atoms with Crippen LogP contribution in [-0.2, 0) is 0 Å². The molecule has 0 bridgehead atoms. The van der Waals surface area contributed by atoms with Crippen LogP contribution in [0, 0.1) is 5.41 Å². The van der Waals surface area contributed by atoms with Crippen LogP contribution < -0.4 is 5.73 Å². The van der Waals surface area contributed by atoms with Crippen LogP contribution in [0.4, 0.5) is 0 Å². The molecule has 106 valence electrons. The van der Waals surface area contributed by atoms with Gasteiger partial charge in [0.05, 0.1) is 0 Å². The second-order valence-electron chi connectivity index (χ2n) is 6.79. The number of rotatable bonds is 3. The molecule has 0 aliphatic heterocycles. The summed E-state index contributed by atoms with van der Waals surface area (Å²) < 4.78 is 0. The zero-order valence-corrected chi connectivity index (χ0v) is 13.5. The van der Waals surface area contributed by atoms with Crippen molar-refractivity contribution in [3.8, 4) is 0 Å². The third kappa shape index (κ3) is 3.55. The molecule has 0 aromatic heterocycles. The van der Waals surface area contributed by atoms with E-state index in [1.165, 1.54) is 29.7 Å². The molecule has 2 unspecified atom stereocenters.